The fourth-order valence-corrected chi connectivity index (χ4v) is 3.61. The minimum atomic E-state index is -0.0209. The highest BCUT2D eigenvalue weighted by molar-refractivity contribution is 7.08. The van der Waals surface area contributed by atoms with Gasteiger partial charge in [-0.1, -0.05) is 32.0 Å². The Morgan fingerprint density at radius 3 is 2.39 bits per heavy atom. The Labute approximate surface area is 119 Å². The molecule has 0 saturated heterocycles. The van der Waals surface area contributed by atoms with Crippen LogP contribution in [-0.2, 0) is 12.8 Å². The van der Waals surface area contributed by atoms with Crippen molar-refractivity contribution in [1.29, 1.82) is 0 Å². The molecule has 0 aliphatic heterocycles. The smallest absolute Gasteiger partial charge is 0.0846 e. The number of thiophene rings is 1. The van der Waals surface area contributed by atoms with E-state index in [9.17, 15) is 0 Å². The summed E-state index contributed by atoms with van der Waals surface area (Å²) in [5.74, 6) is 0. The molecular weight excluding hydrogens is 260 g/mol. The van der Waals surface area contributed by atoms with Crippen molar-refractivity contribution >= 4 is 22.9 Å². The first-order valence-corrected chi connectivity index (χ1v) is 7.83. The number of hydrogen-bond donors (Lipinski definition) is 0. The number of aryl methyl sites for hydroxylation is 3. The van der Waals surface area contributed by atoms with Gasteiger partial charge in [-0.3, -0.25) is 0 Å². The Balaban J connectivity index is 2.37. The molecule has 0 amide bonds. The monoisotopic (exact) mass is 278 g/mol. The van der Waals surface area contributed by atoms with Crippen molar-refractivity contribution in [2.24, 2.45) is 0 Å². The molecule has 1 unspecified atom stereocenters. The standard InChI is InChI=1S/C16H19ClS/c1-4-12-6-7-14(8-13(12)5-2)16(17)15-10-18-9-11(15)3/h6-10,16H,4-5H2,1-3H3. The fraction of sp³-hybridized carbons (Fsp3) is 0.375. The Kier molecular flexibility index (Phi) is 4.47. The Hall–Kier alpha value is -0.790. The van der Waals surface area contributed by atoms with Crippen molar-refractivity contribution in [3.63, 3.8) is 0 Å². The Bertz CT molecular complexity index is 528. The van der Waals surface area contributed by atoms with E-state index < -0.39 is 0 Å². The maximum absolute atomic E-state index is 6.61. The van der Waals surface area contributed by atoms with Crippen LogP contribution in [0, 0.1) is 6.92 Å². The van der Waals surface area contributed by atoms with Gasteiger partial charge in [0.15, 0.2) is 0 Å². The van der Waals surface area contributed by atoms with Gasteiger partial charge < -0.3 is 0 Å². The molecule has 0 N–H and O–H groups in total. The third kappa shape index (κ3) is 2.62. The zero-order valence-corrected chi connectivity index (χ0v) is 12.7. The van der Waals surface area contributed by atoms with Crippen LogP contribution in [0.1, 0.15) is 47.0 Å². The lowest BCUT2D eigenvalue weighted by molar-refractivity contribution is 1.01. The molecule has 1 aromatic heterocycles. The second-order valence-corrected chi connectivity index (χ2v) is 5.79. The lowest BCUT2D eigenvalue weighted by Gasteiger charge is -2.13. The molecule has 0 aliphatic rings. The minimum Gasteiger partial charge on any atom is -0.152 e. The van der Waals surface area contributed by atoms with Crippen LogP contribution in [-0.4, -0.2) is 0 Å². The van der Waals surface area contributed by atoms with Crippen LogP contribution in [0.5, 0.6) is 0 Å². The van der Waals surface area contributed by atoms with E-state index in [0.717, 1.165) is 12.8 Å². The van der Waals surface area contributed by atoms with Crippen LogP contribution in [0.25, 0.3) is 0 Å². The molecule has 0 bridgehead atoms. The molecule has 0 spiro atoms. The van der Waals surface area contributed by atoms with Crippen LogP contribution < -0.4 is 0 Å². The highest BCUT2D eigenvalue weighted by atomic mass is 35.5. The lowest BCUT2D eigenvalue weighted by Crippen LogP contribution is -1.98. The van der Waals surface area contributed by atoms with Gasteiger partial charge in [-0.15, -0.1) is 11.6 Å². The largest absolute Gasteiger partial charge is 0.152 e. The average Bonchev–Trinajstić information content (AvgIpc) is 2.83. The first-order chi connectivity index (χ1) is 8.67. The minimum absolute atomic E-state index is 0.0209. The molecule has 2 rings (SSSR count). The molecule has 0 aliphatic carbocycles. The molecule has 18 heavy (non-hydrogen) atoms. The molecule has 2 aromatic rings. The van der Waals surface area contributed by atoms with E-state index in [1.165, 1.54) is 27.8 Å². The van der Waals surface area contributed by atoms with E-state index in [-0.39, 0.29) is 5.38 Å². The number of hydrogen-bond acceptors (Lipinski definition) is 1. The summed E-state index contributed by atoms with van der Waals surface area (Å²) in [5.41, 5.74) is 6.61. The lowest BCUT2D eigenvalue weighted by atomic mass is 9.96. The van der Waals surface area contributed by atoms with Gasteiger partial charge in [0.1, 0.15) is 0 Å². The molecule has 0 radical (unpaired) electrons. The quantitative estimate of drug-likeness (QED) is 0.647. The van der Waals surface area contributed by atoms with E-state index >= 15 is 0 Å². The van der Waals surface area contributed by atoms with E-state index in [2.05, 4.69) is 49.7 Å². The summed E-state index contributed by atoms with van der Waals surface area (Å²) < 4.78 is 0. The first kappa shape index (κ1) is 13.6. The highest BCUT2D eigenvalue weighted by Gasteiger charge is 2.15. The number of alkyl halides is 1. The van der Waals surface area contributed by atoms with Crippen molar-refractivity contribution in [2.75, 3.05) is 0 Å². The summed E-state index contributed by atoms with van der Waals surface area (Å²) in [5, 5.41) is 4.30. The summed E-state index contributed by atoms with van der Waals surface area (Å²) in [7, 11) is 0. The second-order valence-electron chi connectivity index (χ2n) is 4.61. The zero-order valence-electron chi connectivity index (χ0n) is 11.2. The SMILES string of the molecule is CCc1ccc(C(Cl)c2cscc2C)cc1CC. The summed E-state index contributed by atoms with van der Waals surface area (Å²) in [6.07, 6.45) is 2.16. The van der Waals surface area contributed by atoms with Gasteiger partial charge in [0.2, 0.25) is 0 Å². The third-order valence-electron chi connectivity index (χ3n) is 3.45. The summed E-state index contributed by atoms with van der Waals surface area (Å²) in [6.45, 7) is 6.54. The number of halogens is 1. The Morgan fingerprint density at radius 1 is 1.11 bits per heavy atom. The predicted octanol–water partition coefficient (Wildman–Crippen LogP) is 5.51. The van der Waals surface area contributed by atoms with Gasteiger partial charge in [-0.25, -0.2) is 0 Å². The van der Waals surface area contributed by atoms with Crippen LogP contribution in [0.15, 0.2) is 29.0 Å². The van der Waals surface area contributed by atoms with Gasteiger partial charge >= 0.3 is 0 Å². The van der Waals surface area contributed by atoms with Gasteiger partial charge in [-0.2, -0.15) is 11.3 Å². The first-order valence-electron chi connectivity index (χ1n) is 6.45. The molecule has 2 heteroatoms. The van der Waals surface area contributed by atoms with Crippen LogP contribution in [0.4, 0.5) is 0 Å². The molecule has 1 heterocycles. The third-order valence-corrected chi connectivity index (χ3v) is 4.82. The second kappa shape index (κ2) is 5.90. The van der Waals surface area contributed by atoms with Crippen molar-refractivity contribution < 1.29 is 0 Å². The van der Waals surface area contributed by atoms with Crippen molar-refractivity contribution in [1.82, 2.24) is 0 Å². The molecule has 96 valence electrons. The van der Waals surface area contributed by atoms with Gasteiger partial charge in [-0.05, 0) is 58.3 Å². The molecule has 1 aromatic carbocycles. The zero-order chi connectivity index (χ0) is 13.1. The van der Waals surface area contributed by atoms with Gasteiger partial charge in [0.05, 0.1) is 5.38 Å². The van der Waals surface area contributed by atoms with Crippen molar-refractivity contribution in [3.05, 3.63) is 56.8 Å². The topological polar surface area (TPSA) is 0 Å². The molecule has 0 nitrogen and oxygen atoms in total. The maximum atomic E-state index is 6.61. The fourth-order valence-electron chi connectivity index (χ4n) is 2.29. The Morgan fingerprint density at radius 2 is 1.83 bits per heavy atom. The van der Waals surface area contributed by atoms with E-state index in [4.69, 9.17) is 11.6 Å². The van der Waals surface area contributed by atoms with Crippen molar-refractivity contribution in [3.8, 4) is 0 Å². The normalized spacial score (nSPS) is 12.7. The van der Waals surface area contributed by atoms with Crippen LogP contribution >= 0.6 is 22.9 Å². The summed E-state index contributed by atoms with van der Waals surface area (Å²) >= 11 is 8.33. The maximum Gasteiger partial charge on any atom is 0.0846 e. The van der Waals surface area contributed by atoms with Gasteiger partial charge in [0.25, 0.3) is 0 Å². The van der Waals surface area contributed by atoms with Gasteiger partial charge in [0, 0.05) is 0 Å². The summed E-state index contributed by atoms with van der Waals surface area (Å²) in [4.78, 5) is 0. The van der Waals surface area contributed by atoms with E-state index in [1.54, 1.807) is 11.3 Å². The van der Waals surface area contributed by atoms with E-state index in [0.29, 0.717) is 0 Å². The van der Waals surface area contributed by atoms with Crippen LogP contribution in [0.2, 0.25) is 0 Å². The molecule has 0 fully saturated rings. The van der Waals surface area contributed by atoms with Crippen LogP contribution in [0.3, 0.4) is 0 Å². The highest BCUT2D eigenvalue weighted by Crippen LogP contribution is 2.33. The average molecular weight is 279 g/mol. The molecular formula is C16H19ClS. The predicted molar refractivity (Wildman–Crippen MR) is 82.0 cm³/mol. The van der Waals surface area contributed by atoms with Crippen molar-refractivity contribution in [2.45, 2.75) is 39.0 Å². The van der Waals surface area contributed by atoms with E-state index in [1.807, 2.05) is 0 Å². The molecule has 0 saturated carbocycles. The number of benzene rings is 1. The molecule has 1 atom stereocenters. The number of rotatable bonds is 4. The summed E-state index contributed by atoms with van der Waals surface area (Å²) in [6, 6.07) is 6.67.